The summed E-state index contributed by atoms with van der Waals surface area (Å²) in [7, 11) is 0. The minimum absolute atomic E-state index is 0.116. The summed E-state index contributed by atoms with van der Waals surface area (Å²) in [6.45, 7) is -0.116. The molecule has 0 aliphatic rings. The number of carbonyl (C=O) groups is 1. The van der Waals surface area contributed by atoms with Gasteiger partial charge in [-0.05, 0) is 50.5 Å². The lowest BCUT2D eigenvalue weighted by atomic mass is 10.1. The van der Waals surface area contributed by atoms with E-state index in [1.807, 2.05) is 60.7 Å². The van der Waals surface area contributed by atoms with Gasteiger partial charge < -0.3 is 4.74 Å². The Morgan fingerprint density at radius 2 is 1.80 bits per heavy atom. The third kappa shape index (κ3) is 4.67. The molecule has 3 aromatic carbocycles. The van der Waals surface area contributed by atoms with Crippen LogP contribution in [0.5, 0.6) is 5.75 Å². The van der Waals surface area contributed by atoms with E-state index < -0.39 is 0 Å². The molecule has 0 fully saturated rings. The van der Waals surface area contributed by atoms with Crippen LogP contribution in [-0.2, 0) is 4.79 Å². The maximum Gasteiger partial charge on any atom is 0.277 e. The van der Waals surface area contributed by atoms with Gasteiger partial charge in [-0.2, -0.15) is 5.10 Å². The van der Waals surface area contributed by atoms with E-state index in [0.717, 1.165) is 25.3 Å². The van der Waals surface area contributed by atoms with Crippen LogP contribution in [0.1, 0.15) is 5.56 Å². The Balaban J connectivity index is 1.57. The molecule has 0 atom stereocenters. The average Bonchev–Trinajstić information content (AvgIpc) is 2.63. The molecule has 0 heterocycles. The molecule has 0 aliphatic carbocycles. The summed E-state index contributed by atoms with van der Waals surface area (Å²) in [6, 6.07) is 19.3. The Kier molecular flexibility index (Phi) is 5.83. The maximum absolute atomic E-state index is 11.9. The summed E-state index contributed by atoms with van der Waals surface area (Å²) in [6.07, 6.45) is 1.58. The molecule has 0 spiro atoms. The summed E-state index contributed by atoms with van der Waals surface area (Å²) in [5, 5.41) is 6.06. The number of fused-ring (bicyclic) bond motifs is 1. The average molecular weight is 462 g/mol. The quantitative estimate of drug-likeness (QED) is 0.434. The number of benzene rings is 3. The Morgan fingerprint density at radius 1 is 1.04 bits per heavy atom. The van der Waals surface area contributed by atoms with Crippen molar-refractivity contribution in [3.63, 3.8) is 0 Å². The Morgan fingerprint density at radius 3 is 2.60 bits per heavy atom. The summed E-state index contributed by atoms with van der Waals surface area (Å²) >= 11 is 6.90. The molecule has 4 nitrogen and oxygen atoms in total. The molecule has 0 unspecified atom stereocenters. The van der Waals surface area contributed by atoms with E-state index in [0.29, 0.717) is 5.75 Å². The van der Waals surface area contributed by atoms with E-state index in [-0.39, 0.29) is 12.5 Å². The van der Waals surface area contributed by atoms with Gasteiger partial charge in [-0.15, -0.1) is 0 Å². The first-order valence-electron chi connectivity index (χ1n) is 7.51. The molecule has 0 saturated heterocycles. The molecule has 1 amide bonds. The largest absolute Gasteiger partial charge is 0.483 e. The third-order valence-electron chi connectivity index (χ3n) is 3.46. The second kappa shape index (κ2) is 8.27. The van der Waals surface area contributed by atoms with Gasteiger partial charge in [0.1, 0.15) is 5.75 Å². The van der Waals surface area contributed by atoms with E-state index in [1.54, 1.807) is 6.21 Å². The Labute approximate surface area is 162 Å². The number of rotatable bonds is 5. The van der Waals surface area contributed by atoms with Crippen molar-refractivity contribution in [1.82, 2.24) is 5.43 Å². The molecular formula is C19H14Br2N2O2. The van der Waals surface area contributed by atoms with Gasteiger partial charge in [0.05, 0.1) is 10.7 Å². The van der Waals surface area contributed by atoms with Gasteiger partial charge >= 0.3 is 0 Å². The predicted octanol–water partition coefficient (Wildman–Crippen LogP) is 4.89. The van der Waals surface area contributed by atoms with Crippen molar-refractivity contribution in [1.29, 1.82) is 0 Å². The summed E-state index contributed by atoms with van der Waals surface area (Å²) < 4.78 is 7.41. The number of ether oxygens (including phenoxy) is 1. The Bertz CT molecular complexity index is 924. The zero-order valence-electron chi connectivity index (χ0n) is 13.1. The first-order valence-corrected chi connectivity index (χ1v) is 9.09. The van der Waals surface area contributed by atoms with Crippen LogP contribution in [0, 0.1) is 0 Å². The Hall–Kier alpha value is -2.18. The maximum atomic E-state index is 11.9. The van der Waals surface area contributed by atoms with Crippen molar-refractivity contribution in [2.75, 3.05) is 6.61 Å². The van der Waals surface area contributed by atoms with Crippen LogP contribution in [0.15, 0.2) is 74.7 Å². The molecule has 0 saturated carbocycles. The number of halogens is 2. The minimum Gasteiger partial charge on any atom is -0.483 e. The molecule has 6 heteroatoms. The van der Waals surface area contributed by atoms with E-state index in [2.05, 4.69) is 42.4 Å². The van der Waals surface area contributed by atoms with Gasteiger partial charge in [0, 0.05) is 4.47 Å². The van der Waals surface area contributed by atoms with Gasteiger partial charge in [0.25, 0.3) is 5.91 Å². The van der Waals surface area contributed by atoms with Gasteiger partial charge in [0.15, 0.2) is 6.61 Å². The number of hydrogen-bond donors (Lipinski definition) is 1. The van der Waals surface area contributed by atoms with Gasteiger partial charge in [0.2, 0.25) is 0 Å². The van der Waals surface area contributed by atoms with Crippen LogP contribution in [0.25, 0.3) is 10.8 Å². The molecule has 0 radical (unpaired) electrons. The molecule has 0 aromatic heterocycles. The number of nitrogens with one attached hydrogen (secondary N) is 1. The van der Waals surface area contributed by atoms with Crippen molar-refractivity contribution in [3.8, 4) is 5.75 Å². The standard InChI is InChI=1S/C19H14Br2N2O2/c20-15-8-5-13(6-9-15)11-22-23-18(24)12-25-17-10-7-14-3-1-2-4-16(14)19(17)21/h1-11H,12H2,(H,23,24)/b22-11+. The topological polar surface area (TPSA) is 50.7 Å². The lowest BCUT2D eigenvalue weighted by molar-refractivity contribution is -0.123. The highest BCUT2D eigenvalue weighted by atomic mass is 79.9. The van der Waals surface area contributed by atoms with Crippen LogP contribution < -0.4 is 10.2 Å². The predicted molar refractivity (Wildman–Crippen MR) is 107 cm³/mol. The molecule has 0 bridgehead atoms. The van der Waals surface area contributed by atoms with Crippen LogP contribution in [0.3, 0.4) is 0 Å². The normalized spacial score (nSPS) is 11.0. The highest BCUT2D eigenvalue weighted by Gasteiger charge is 2.08. The van der Waals surface area contributed by atoms with E-state index in [9.17, 15) is 4.79 Å². The molecule has 0 aliphatic heterocycles. The van der Waals surface area contributed by atoms with Crippen LogP contribution in [0.2, 0.25) is 0 Å². The fraction of sp³-hybridized carbons (Fsp3) is 0.0526. The molecule has 25 heavy (non-hydrogen) atoms. The van der Waals surface area contributed by atoms with E-state index in [1.165, 1.54) is 0 Å². The number of carbonyl (C=O) groups excluding carboxylic acids is 1. The minimum atomic E-state index is -0.326. The van der Waals surface area contributed by atoms with Crippen LogP contribution in [0.4, 0.5) is 0 Å². The monoisotopic (exact) mass is 460 g/mol. The van der Waals surface area contributed by atoms with Crippen molar-refractivity contribution >= 4 is 54.8 Å². The fourth-order valence-electron chi connectivity index (χ4n) is 2.23. The summed E-state index contributed by atoms with van der Waals surface area (Å²) in [4.78, 5) is 11.9. The first kappa shape index (κ1) is 17.6. The third-order valence-corrected chi connectivity index (χ3v) is 4.81. The van der Waals surface area contributed by atoms with Crippen molar-refractivity contribution in [2.24, 2.45) is 5.10 Å². The smallest absolute Gasteiger partial charge is 0.277 e. The number of amides is 1. The van der Waals surface area contributed by atoms with Crippen LogP contribution in [-0.4, -0.2) is 18.7 Å². The molecule has 1 N–H and O–H groups in total. The SMILES string of the molecule is O=C(COc1ccc2ccccc2c1Br)N/N=C/c1ccc(Br)cc1. The number of hydrogen-bond acceptors (Lipinski definition) is 3. The molecule has 126 valence electrons. The fourth-order valence-corrected chi connectivity index (χ4v) is 3.10. The van der Waals surface area contributed by atoms with Crippen molar-refractivity contribution < 1.29 is 9.53 Å². The zero-order chi connectivity index (χ0) is 17.6. The van der Waals surface area contributed by atoms with Crippen LogP contribution >= 0.6 is 31.9 Å². The van der Waals surface area contributed by atoms with Gasteiger partial charge in [-0.1, -0.05) is 58.4 Å². The number of nitrogens with zero attached hydrogens (tertiary/aromatic N) is 1. The molecule has 3 aromatic rings. The highest BCUT2D eigenvalue weighted by molar-refractivity contribution is 9.11. The number of hydrazone groups is 1. The lowest BCUT2D eigenvalue weighted by Crippen LogP contribution is -2.24. The van der Waals surface area contributed by atoms with E-state index in [4.69, 9.17) is 4.74 Å². The highest BCUT2D eigenvalue weighted by Crippen LogP contribution is 2.32. The van der Waals surface area contributed by atoms with Crippen molar-refractivity contribution in [3.05, 3.63) is 75.2 Å². The first-order chi connectivity index (χ1) is 12.1. The van der Waals surface area contributed by atoms with Crippen molar-refractivity contribution in [2.45, 2.75) is 0 Å². The molecular weight excluding hydrogens is 448 g/mol. The van der Waals surface area contributed by atoms with Gasteiger partial charge in [-0.3, -0.25) is 4.79 Å². The second-order valence-electron chi connectivity index (χ2n) is 5.23. The summed E-state index contributed by atoms with van der Waals surface area (Å²) in [5.41, 5.74) is 3.34. The zero-order valence-corrected chi connectivity index (χ0v) is 16.2. The van der Waals surface area contributed by atoms with E-state index >= 15 is 0 Å². The summed E-state index contributed by atoms with van der Waals surface area (Å²) in [5.74, 6) is 0.291. The lowest BCUT2D eigenvalue weighted by Gasteiger charge is -2.09. The second-order valence-corrected chi connectivity index (χ2v) is 6.94. The molecule has 3 rings (SSSR count). The van der Waals surface area contributed by atoms with Gasteiger partial charge in [-0.25, -0.2) is 5.43 Å².